The molecule has 2 amide bonds. The highest BCUT2D eigenvalue weighted by molar-refractivity contribution is 5.85. The van der Waals surface area contributed by atoms with Crippen LogP contribution in [0.3, 0.4) is 0 Å². The summed E-state index contributed by atoms with van der Waals surface area (Å²) in [4.78, 5) is 24.7. The van der Waals surface area contributed by atoms with Gasteiger partial charge in [0.1, 0.15) is 30.6 Å². The Kier molecular flexibility index (Phi) is 6.16. The fourth-order valence-electron chi connectivity index (χ4n) is 3.05. The number of carbonyl (C=O) groups excluding carboxylic acids is 2. The number of carbonyl (C=O) groups is 2. The summed E-state index contributed by atoms with van der Waals surface area (Å²) >= 11 is 0. The van der Waals surface area contributed by atoms with Crippen LogP contribution in [0.2, 0.25) is 0 Å². The molecule has 7 nitrogen and oxygen atoms in total. The molecule has 3 rings (SSSR count). The molecule has 1 saturated heterocycles. The summed E-state index contributed by atoms with van der Waals surface area (Å²) < 4.78 is 16.3. The third-order valence-corrected chi connectivity index (χ3v) is 4.34. The summed E-state index contributed by atoms with van der Waals surface area (Å²) in [6.07, 6.45) is 0. The lowest BCUT2D eigenvalue weighted by atomic mass is 9.88. The first-order valence-electron chi connectivity index (χ1n) is 8.84. The normalized spacial score (nSPS) is 18.6. The monoisotopic (exact) mass is 382 g/mol. The summed E-state index contributed by atoms with van der Waals surface area (Å²) in [5.41, 5.74) is 0.942. The van der Waals surface area contributed by atoms with E-state index in [4.69, 9.17) is 14.2 Å². The first kappa shape index (κ1) is 19.3. The number of methoxy groups -OCH3 is 1. The number of amides is 2. The van der Waals surface area contributed by atoms with Crippen molar-refractivity contribution >= 4 is 12.0 Å². The number of hydrogen-bond acceptors (Lipinski definition) is 5. The van der Waals surface area contributed by atoms with Gasteiger partial charge >= 0.3 is 12.0 Å². The van der Waals surface area contributed by atoms with Crippen molar-refractivity contribution < 1.29 is 23.8 Å². The van der Waals surface area contributed by atoms with E-state index < -0.39 is 24.0 Å². The highest BCUT2D eigenvalue weighted by Crippen LogP contribution is 2.35. The average molecular weight is 382 g/mol. The molecule has 0 saturated carbocycles. The van der Waals surface area contributed by atoms with Gasteiger partial charge in [0.15, 0.2) is 0 Å². The zero-order chi connectivity index (χ0) is 19.9. The number of esters is 1. The summed E-state index contributed by atoms with van der Waals surface area (Å²) in [7, 11) is 1.53. The number of hydrogen-bond donors (Lipinski definition) is 2. The quantitative estimate of drug-likeness (QED) is 0.568. The van der Waals surface area contributed by atoms with Crippen molar-refractivity contribution in [1.29, 1.82) is 0 Å². The van der Waals surface area contributed by atoms with Crippen LogP contribution >= 0.6 is 0 Å². The van der Waals surface area contributed by atoms with Crippen LogP contribution in [-0.2, 0) is 9.53 Å². The Morgan fingerprint density at radius 2 is 1.79 bits per heavy atom. The number of para-hydroxylation sites is 2. The predicted octanol–water partition coefficient (Wildman–Crippen LogP) is 2.80. The maximum atomic E-state index is 12.7. The van der Waals surface area contributed by atoms with E-state index >= 15 is 0 Å². The van der Waals surface area contributed by atoms with Crippen molar-refractivity contribution in [2.45, 2.75) is 6.04 Å². The van der Waals surface area contributed by atoms with Crippen LogP contribution in [-0.4, -0.2) is 32.3 Å². The van der Waals surface area contributed by atoms with Crippen LogP contribution in [0, 0.1) is 5.92 Å². The van der Waals surface area contributed by atoms with Gasteiger partial charge in [-0.1, -0.05) is 43.0 Å². The van der Waals surface area contributed by atoms with Crippen LogP contribution in [0.1, 0.15) is 11.6 Å². The Morgan fingerprint density at radius 3 is 2.54 bits per heavy atom. The van der Waals surface area contributed by atoms with Crippen molar-refractivity contribution in [3.8, 4) is 11.5 Å². The van der Waals surface area contributed by atoms with E-state index in [1.54, 1.807) is 12.1 Å². The second-order valence-corrected chi connectivity index (χ2v) is 6.15. The molecule has 0 unspecified atom stereocenters. The zero-order valence-electron chi connectivity index (χ0n) is 15.5. The second-order valence-electron chi connectivity index (χ2n) is 6.15. The molecule has 0 radical (unpaired) electrons. The molecule has 146 valence electrons. The second kappa shape index (κ2) is 8.94. The minimum atomic E-state index is -0.800. The van der Waals surface area contributed by atoms with Gasteiger partial charge in [-0.05, 0) is 18.2 Å². The van der Waals surface area contributed by atoms with E-state index in [0.717, 1.165) is 0 Å². The molecule has 1 fully saturated rings. The predicted molar refractivity (Wildman–Crippen MR) is 103 cm³/mol. The molecule has 0 aliphatic carbocycles. The molecule has 0 bridgehead atoms. The lowest BCUT2D eigenvalue weighted by Crippen LogP contribution is -2.51. The van der Waals surface area contributed by atoms with Crippen LogP contribution in [0.15, 0.2) is 66.9 Å². The summed E-state index contributed by atoms with van der Waals surface area (Å²) in [6, 6.07) is 15.4. The molecule has 2 N–H and O–H groups in total. The molecule has 28 heavy (non-hydrogen) atoms. The molecule has 2 aromatic rings. The number of urea groups is 1. The van der Waals surface area contributed by atoms with Crippen molar-refractivity contribution in [3.63, 3.8) is 0 Å². The van der Waals surface area contributed by atoms with Crippen molar-refractivity contribution in [2.75, 3.05) is 20.3 Å². The molecule has 1 aliphatic heterocycles. The Labute approximate surface area is 163 Å². The lowest BCUT2D eigenvalue weighted by Gasteiger charge is -2.33. The van der Waals surface area contributed by atoms with E-state index in [-0.39, 0.29) is 18.9 Å². The maximum Gasteiger partial charge on any atom is 0.319 e. The van der Waals surface area contributed by atoms with Gasteiger partial charge in [-0.2, -0.15) is 0 Å². The smallest absolute Gasteiger partial charge is 0.319 e. The van der Waals surface area contributed by atoms with Crippen LogP contribution in [0.5, 0.6) is 11.5 Å². The first-order chi connectivity index (χ1) is 13.6. The van der Waals surface area contributed by atoms with E-state index in [2.05, 4.69) is 17.2 Å². The lowest BCUT2D eigenvalue weighted by molar-refractivity contribution is -0.149. The van der Waals surface area contributed by atoms with Gasteiger partial charge in [-0.15, -0.1) is 0 Å². The Bertz CT molecular complexity index is 853. The third-order valence-electron chi connectivity index (χ3n) is 4.34. The molecule has 1 heterocycles. The molecule has 2 atom stereocenters. The fraction of sp³-hybridized carbons (Fsp3) is 0.238. The van der Waals surface area contributed by atoms with E-state index in [1.165, 1.54) is 7.11 Å². The Balaban J connectivity index is 1.68. The number of benzene rings is 2. The van der Waals surface area contributed by atoms with Gasteiger partial charge in [0, 0.05) is 11.3 Å². The van der Waals surface area contributed by atoms with Crippen molar-refractivity contribution in [3.05, 3.63) is 72.4 Å². The highest BCUT2D eigenvalue weighted by Gasteiger charge is 2.40. The van der Waals surface area contributed by atoms with Crippen LogP contribution in [0.25, 0.3) is 0 Å². The van der Waals surface area contributed by atoms with E-state index in [1.807, 2.05) is 42.5 Å². The van der Waals surface area contributed by atoms with E-state index in [9.17, 15) is 9.59 Å². The number of nitrogens with one attached hydrogen (secondary N) is 2. The Morgan fingerprint density at radius 1 is 1.07 bits per heavy atom. The van der Waals surface area contributed by atoms with Crippen molar-refractivity contribution in [2.24, 2.45) is 5.92 Å². The van der Waals surface area contributed by atoms with Crippen molar-refractivity contribution in [1.82, 2.24) is 10.6 Å². The van der Waals surface area contributed by atoms with Gasteiger partial charge in [-0.3, -0.25) is 4.79 Å². The average Bonchev–Trinajstić information content (AvgIpc) is 2.71. The van der Waals surface area contributed by atoms with Gasteiger partial charge in [-0.25, -0.2) is 4.79 Å². The summed E-state index contributed by atoms with van der Waals surface area (Å²) in [5.74, 6) is -0.0510. The minimum Gasteiger partial charge on any atom is -0.496 e. The van der Waals surface area contributed by atoms with Crippen LogP contribution in [0.4, 0.5) is 4.79 Å². The fourth-order valence-corrected chi connectivity index (χ4v) is 3.05. The molecular formula is C21H22N2O5. The number of rotatable bonds is 7. The largest absolute Gasteiger partial charge is 0.496 e. The molecule has 0 aromatic heterocycles. The Hall–Kier alpha value is -3.48. The summed E-state index contributed by atoms with van der Waals surface area (Å²) in [6.45, 7) is 4.12. The molecular weight excluding hydrogens is 360 g/mol. The molecule has 7 heteroatoms. The first-order valence-corrected chi connectivity index (χ1v) is 8.84. The van der Waals surface area contributed by atoms with Gasteiger partial charge in [0.2, 0.25) is 0 Å². The number of ether oxygens (including phenoxy) is 3. The molecule has 0 spiro atoms. The highest BCUT2D eigenvalue weighted by atomic mass is 16.6. The third kappa shape index (κ3) is 4.43. The zero-order valence-corrected chi connectivity index (χ0v) is 15.5. The standard InChI is InChI=1S/C21H22N2O5/c1-14-18(20(24)28-13-12-27-15-8-4-3-5-9-15)19(23-21(25)22-14)16-10-6-7-11-17(16)26-2/h3-11,18-19H,1,12-13H2,2H3,(H2,22,23,25)/t18-,19+/m1/s1. The topological polar surface area (TPSA) is 85.9 Å². The molecule has 2 aromatic carbocycles. The maximum absolute atomic E-state index is 12.7. The van der Waals surface area contributed by atoms with E-state index in [0.29, 0.717) is 17.1 Å². The summed E-state index contributed by atoms with van der Waals surface area (Å²) in [5, 5.41) is 5.31. The minimum absolute atomic E-state index is 0.0735. The SMILES string of the molecule is C=C1NC(=O)N[C@@H](c2ccccc2OC)[C@@H]1C(=O)OCCOc1ccccc1. The van der Waals surface area contributed by atoms with Gasteiger partial charge in [0.25, 0.3) is 0 Å². The van der Waals surface area contributed by atoms with Gasteiger partial charge in [0.05, 0.1) is 13.2 Å². The molecule has 1 aliphatic rings. The van der Waals surface area contributed by atoms with Gasteiger partial charge < -0.3 is 24.8 Å². The van der Waals surface area contributed by atoms with Crippen LogP contribution < -0.4 is 20.1 Å².